The van der Waals surface area contributed by atoms with Crippen molar-refractivity contribution in [3.63, 3.8) is 0 Å². The second kappa shape index (κ2) is 5.43. The summed E-state index contributed by atoms with van der Waals surface area (Å²) < 4.78 is 6.69. The lowest BCUT2D eigenvalue weighted by Gasteiger charge is -2.25. The Morgan fingerprint density at radius 2 is 2.28 bits per heavy atom. The molecule has 2 aliphatic rings. The van der Waals surface area contributed by atoms with E-state index in [1.165, 1.54) is 6.07 Å². The van der Waals surface area contributed by atoms with E-state index in [4.69, 9.17) is 4.52 Å². The lowest BCUT2D eigenvalue weighted by Crippen LogP contribution is -2.57. The van der Waals surface area contributed by atoms with Gasteiger partial charge in [0.15, 0.2) is 0 Å². The van der Waals surface area contributed by atoms with Gasteiger partial charge in [-0.25, -0.2) is 4.79 Å². The van der Waals surface area contributed by atoms with Crippen LogP contribution in [0.5, 0.6) is 0 Å². The van der Waals surface area contributed by atoms with Gasteiger partial charge in [0.2, 0.25) is 5.76 Å². The van der Waals surface area contributed by atoms with Crippen molar-refractivity contribution < 1.29 is 18.9 Å². The molecule has 1 aliphatic carbocycles. The molecule has 0 bridgehead atoms. The molecule has 0 spiro atoms. The molecule has 2 aromatic rings. The Kier molecular flexibility index (Phi) is 3.34. The molecule has 4 rings (SSSR count). The van der Waals surface area contributed by atoms with E-state index >= 15 is 0 Å². The first-order valence-electron chi connectivity index (χ1n) is 7.85. The average Bonchev–Trinajstić information content (AvgIpc) is 3.02. The van der Waals surface area contributed by atoms with Crippen LogP contribution in [0.1, 0.15) is 23.4 Å². The van der Waals surface area contributed by atoms with Gasteiger partial charge in [0.05, 0.1) is 12.7 Å². The predicted octanol–water partition coefficient (Wildman–Crippen LogP) is -0.207. The first kappa shape index (κ1) is 15.4. The zero-order valence-corrected chi connectivity index (χ0v) is 13.4. The number of rotatable bonds is 5. The molecule has 3 N–H and O–H groups in total. The van der Waals surface area contributed by atoms with Crippen molar-refractivity contribution in [3.8, 4) is 11.3 Å². The Labute approximate surface area is 141 Å². The molecule has 0 radical (unpaired) electrons. The number of hydrogen-bond acceptors (Lipinski definition) is 6. The highest BCUT2D eigenvalue weighted by molar-refractivity contribution is 6.08. The first-order chi connectivity index (χ1) is 12.0. The van der Waals surface area contributed by atoms with Gasteiger partial charge < -0.3 is 15.2 Å². The van der Waals surface area contributed by atoms with Crippen LogP contribution in [-0.4, -0.2) is 44.9 Å². The molecule has 4 amide bonds. The summed E-state index contributed by atoms with van der Waals surface area (Å²) in [7, 11) is 1.77. The van der Waals surface area contributed by atoms with Crippen LogP contribution in [0, 0.1) is 5.92 Å². The lowest BCUT2D eigenvalue weighted by molar-refractivity contribution is -0.124. The van der Waals surface area contributed by atoms with E-state index in [1.807, 2.05) is 0 Å². The maximum Gasteiger partial charge on any atom is 0.322 e. The third-order valence-electron chi connectivity index (χ3n) is 4.51. The molecule has 1 atom stereocenters. The second-order valence-corrected chi connectivity index (χ2v) is 6.32. The van der Waals surface area contributed by atoms with Gasteiger partial charge in [-0.05, 0) is 18.8 Å². The van der Waals surface area contributed by atoms with E-state index in [1.54, 1.807) is 24.1 Å². The summed E-state index contributed by atoms with van der Waals surface area (Å²) in [6.07, 6.45) is 5.02. The quantitative estimate of drug-likeness (QED) is 0.643. The molecule has 10 nitrogen and oxygen atoms in total. The van der Waals surface area contributed by atoms with Crippen molar-refractivity contribution in [2.24, 2.45) is 13.0 Å². The lowest BCUT2D eigenvalue weighted by atomic mass is 9.93. The normalized spacial score (nSPS) is 22.6. The summed E-state index contributed by atoms with van der Waals surface area (Å²) in [5.41, 5.74) is 0.128. The van der Waals surface area contributed by atoms with Gasteiger partial charge in [0.25, 0.3) is 11.8 Å². The topological polar surface area (TPSA) is 131 Å². The summed E-state index contributed by atoms with van der Waals surface area (Å²) >= 11 is 0. The zero-order chi connectivity index (χ0) is 17.6. The van der Waals surface area contributed by atoms with Gasteiger partial charge in [-0.3, -0.25) is 19.6 Å². The molecule has 2 fully saturated rings. The van der Waals surface area contributed by atoms with Gasteiger partial charge in [-0.15, -0.1) is 0 Å². The molecular formula is C15H16N6O4. The van der Waals surface area contributed by atoms with Crippen molar-refractivity contribution in [1.29, 1.82) is 0 Å². The number of amides is 4. The average molecular weight is 344 g/mol. The molecule has 2 aromatic heterocycles. The number of nitrogens with one attached hydrogen (secondary N) is 3. The summed E-state index contributed by atoms with van der Waals surface area (Å²) in [6, 6.07) is 0.966. The Hall–Kier alpha value is -3.17. The van der Waals surface area contributed by atoms with Crippen LogP contribution in [0.4, 0.5) is 4.79 Å². The van der Waals surface area contributed by atoms with Crippen molar-refractivity contribution in [2.75, 3.05) is 6.54 Å². The number of imide groups is 1. The maximum absolute atomic E-state index is 12.3. The molecule has 1 saturated carbocycles. The van der Waals surface area contributed by atoms with Gasteiger partial charge >= 0.3 is 6.03 Å². The van der Waals surface area contributed by atoms with E-state index in [2.05, 4.69) is 26.2 Å². The minimum absolute atomic E-state index is 0.00298. The fourth-order valence-corrected chi connectivity index (χ4v) is 3.02. The van der Waals surface area contributed by atoms with Crippen LogP contribution >= 0.6 is 0 Å². The van der Waals surface area contributed by atoms with Crippen LogP contribution in [0.25, 0.3) is 11.3 Å². The molecule has 1 saturated heterocycles. The minimum Gasteiger partial charge on any atom is -0.350 e. The number of hydrogen-bond donors (Lipinski definition) is 3. The van der Waals surface area contributed by atoms with Crippen LogP contribution in [0.2, 0.25) is 0 Å². The molecule has 0 unspecified atom stereocenters. The van der Waals surface area contributed by atoms with Crippen LogP contribution in [-0.2, 0) is 11.8 Å². The van der Waals surface area contributed by atoms with Gasteiger partial charge in [-0.2, -0.15) is 5.10 Å². The molecule has 25 heavy (non-hydrogen) atoms. The smallest absolute Gasteiger partial charge is 0.322 e. The second-order valence-electron chi connectivity index (χ2n) is 6.32. The third-order valence-corrected chi connectivity index (χ3v) is 4.51. The molecule has 0 aromatic carbocycles. The van der Waals surface area contributed by atoms with Crippen LogP contribution in [0.3, 0.4) is 0 Å². The fourth-order valence-electron chi connectivity index (χ4n) is 3.02. The zero-order valence-electron chi connectivity index (χ0n) is 13.4. The first-order valence-corrected chi connectivity index (χ1v) is 7.85. The fraction of sp³-hybridized carbons (Fsp3) is 0.400. The molecular weight excluding hydrogens is 328 g/mol. The molecule has 1 aliphatic heterocycles. The van der Waals surface area contributed by atoms with Gasteiger partial charge in [0, 0.05) is 24.9 Å². The van der Waals surface area contributed by atoms with Crippen molar-refractivity contribution in [2.45, 2.75) is 18.4 Å². The highest BCUT2D eigenvalue weighted by atomic mass is 16.5. The third kappa shape index (κ3) is 2.65. The van der Waals surface area contributed by atoms with Crippen LogP contribution < -0.4 is 16.0 Å². The van der Waals surface area contributed by atoms with Gasteiger partial charge in [0.1, 0.15) is 11.2 Å². The monoisotopic (exact) mass is 344 g/mol. The number of urea groups is 1. The van der Waals surface area contributed by atoms with Crippen molar-refractivity contribution >= 4 is 17.8 Å². The number of nitrogens with zero attached hydrogens (tertiary/aromatic N) is 3. The summed E-state index contributed by atoms with van der Waals surface area (Å²) in [5, 5.41) is 15.4. The van der Waals surface area contributed by atoms with Gasteiger partial charge in [-0.1, -0.05) is 5.16 Å². The largest absolute Gasteiger partial charge is 0.350 e. The summed E-state index contributed by atoms with van der Waals surface area (Å²) in [6.45, 7) is -0.00298. The Balaban J connectivity index is 1.46. The Morgan fingerprint density at radius 1 is 1.48 bits per heavy atom. The highest BCUT2D eigenvalue weighted by Gasteiger charge is 2.56. The summed E-state index contributed by atoms with van der Waals surface area (Å²) in [5.74, 6) is -0.861. The maximum atomic E-state index is 12.3. The molecule has 130 valence electrons. The van der Waals surface area contributed by atoms with Crippen LogP contribution in [0.15, 0.2) is 23.0 Å². The van der Waals surface area contributed by atoms with E-state index in [9.17, 15) is 14.4 Å². The van der Waals surface area contributed by atoms with E-state index in [-0.39, 0.29) is 18.2 Å². The molecule has 3 heterocycles. The number of aromatic nitrogens is 3. The van der Waals surface area contributed by atoms with Crippen molar-refractivity contribution in [3.05, 3.63) is 24.2 Å². The van der Waals surface area contributed by atoms with E-state index < -0.39 is 23.4 Å². The number of carbonyl (C=O) groups is 3. The predicted molar refractivity (Wildman–Crippen MR) is 83.2 cm³/mol. The highest BCUT2D eigenvalue weighted by Crippen LogP contribution is 2.41. The summed E-state index contributed by atoms with van der Waals surface area (Å²) in [4.78, 5) is 35.9. The SMILES string of the molecule is Cn1cc(-c2cc(C(=O)NC[C@@]3(C4CC4)NC(=O)NC3=O)on2)cn1. The van der Waals surface area contributed by atoms with E-state index in [0.29, 0.717) is 5.69 Å². The number of aryl methyl sites for hydroxylation is 1. The number of carbonyl (C=O) groups excluding carboxylic acids is 3. The Bertz CT molecular complexity index is 867. The Morgan fingerprint density at radius 3 is 2.88 bits per heavy atom. The standard InChI is InChI=1S/C15H16N6O4/c1-21-6-8(5-17-21)10-4-11(25-20-10)12(22)16-7-15(9-2-3-9)13(23)18-14(24)19-15/h4-6,9H,2-3,7H2,1H3,(H,16,22)(H2,18,19,23,24)/t15-/m0/s1. The molecule has 10 heteroatoms. The van der Waals surface area contributed by atoms with Crippen molar-refractivity contribution in [1.82, 2.24) is 30.9 Å². The van der Waals surface area contributed by atoms with E-state index in [0.717, 1.165) is 18.4 Å². The minimum atomic E-state index is -1.08.